The van der Waals surface area contributed by atoms with Crippen LogP contribution in [-0.2, 0) is 0 Å². The quantitative estimate of drug-likeness (QED) is 0.706. The fourth-order valence-electron chi connectivity index (χ4n) is 1.89. The molecule has 0 aromatic carbocycles. The molecular weight excluding hydrogens is 158 g/mol. The number of rotatable bonds is 4. The lowest BCUT2D eigenvalue weighted by molar-refractivity contribution is 0.322. The largest absolute Gasteiger partial charge is 0.314 e. The van der Waals surface area contributed by atoms with Crippen molar-refractivity contribution in [2.24, 2.45) is 11.8 Å². The van der Waals surface area contributed by atoms with Crippen LogP contribution in [0.3, 0.4) is 0 Å². The van der Waals surface area contributed by atoms with E-state index in [1.54, 1.807) is 0 Å². The first-order valence-electron chi connectivity index (χ1n) is 5.93. The molecule has 1 heteroatoms. The van der Waals surface area contributed by atoms with Gasteiger partial charge >= 0.3 is 0 Å². The third-order valence-corrected chi connectivity index (χ3v) is 3.47. The first-order chi connectivity index (χ1) is 6.20. The van der Waals surface area contributed by atoms with Crippen molar-refractivity contribution in [1.29, 1.82) is 0 Å². The van der Waals surface area contributed by atoms with E-state index < -0.39 is 0 Å². The molecule has 1 saturated carbocycles. The van der Waals surface area contributed by atoms with Gasteiger partial charge in [0.2, 0.25) is 0 Å². The van der Waals surface area contributed by atoms with Crippen molar-refractivity contribution in [2.75, 3.05) is 6.54 Å². The number of hydrogen-bond donors (Lipinski definition) is 1. The van der Waals surface area contributed by atoms with Crippen molar-refractivity contribution in [1.82, 2.24) is 5.32 Å². The summed E-state index contributed by atoms with van der Waals surface area (Å²) in [5.74, 6) is 1.64. The van der Waals surface area contributed by atoms with Gasteiger partial charge in [-0.15, -0.1) is 0 Å². The zero-order chi connectivity index (χ0) is 9.68. The molecule has 0 spiro atoms. The van der Waals surface area contributed by atoms with E-state index >= 15 is 0 Å². The van der Waals surface area contributed by atoms with E-state index in [4.69, 9.17) is 0 Å². The van der Waals surface area contributed by atoms with Gasteiger partial charge in [0.25, 0.3) is 0 Å². The lowest BCUT2D eigenvalue weighted by atomic mass is 9.93. The van der Waals surface area contributed by atoms with E-state index in [2.05, 4.69) is 26.1 Å². The Morgan fingerprint density at radius 2 is 1.69 bits per heavy atom. The molecule has 0 aromatic rings. The van der Waals surface area contributed by atoms with Gasteiger partial charge in [-0.05, 0) is 31.2 Å². The predicted molar refractivity (Wildman–Crippen MR) is 58.9 cm³/mol. The molecule has 0 radical (unpaired) electrons. The van der Waals surface area contributed by atoms with Gasteiger partial charge in [0, 0.05) is 6.04 Å². The van der Waals surface area contributed by atoms with Crippen LogP contribution in [0.2, 0.25) is 0 Å². The molecule has 1 rings (SSSR count). The van der Waals surface area contributed by atoms with E-state index in [1.165, 1.54) is 38.6 Å². The topological polar surface area (TPSA) is 12.0 Å². The van der Waals surface area contributed by atoms with Gasteiger partial charge in [0.1, 0.15) is 0 Å². The predicted octanol–water partition coefficient (Wildman–Crippen LogP) is 3.20. The molecule has 1 atom stereocenters. The Hall–Kier alpha value is -0.0400. The lowest BCUT2D eigenvalue weighted by Crippen LogP contribution is -2.35. The van der Waals surface area contributed by atoms with Crippen LogP contribution in [0.4, 0.5) is 0 Å². The summed E-state index contributed by atoms with van der Waals surface area (Å²) in [5, 5.41) is 3.70. The molecule has 1 fully saturated rings. The standard InChI is InChI=1S/C12H25N/c1-10(2)11(3)9-13-12-7-5-4-6-8-12/h10-13H,4-9H2,1-3H3/t11-/m1/s1. The van der Waals surface area contributed by atoms with Gasteiger partial charge in [-0.3, -0.25) is 0 Å². The van der Waals surface area contributed by atoms with Crippen molar-refractivity contribution >= 4 is 0 Å². The molecule has 0 bridgehead atoms. The third kappa shape index (κ3) is 4.12. The van der Waals surface area contributed by atoms with E-state index in [9.17, 15) is 0 Å². The van der Waals surface area contributed by atoms with E-state index in [1.807, 2.05) is 0 Å². The summed E-state index contributed by atoms with van der Waals surface area (Å²) in [4.78, 5) is 0. The molecule has 0 amide bonds. The first kappa shape index (κ1) is 11.0. The molecule has 0 saturated heterocycles. The second-order valence-corrected chi connectivity index (χ2v) is 4.96. The van der Waals surface area contributed by atoms with Gasteiger partial charge in [-0.25, -0.2) is 0 Å². The SMILES string of the molecule is CC(C)[C@H](C)CNC1CCCCC1. The van der Waals surface area contributed by atoms with Crippen LogP contribution >= 0.6 is 0 Å². The molecule has 1 nitrogen and oxygen atoms in total. The van der Waals surface area contributed by atoms with Crippen LogP contribution in [0.25, 0.3) is 0 Å². The number of nitrogens with one attached hydrogen (secondary N) is 1. The molecule has 0 aliphatic heterocycles. The van der Waals surface area contributed by atoms with Gasteiger partial charge < -0.3 is 5.32 Å². The number of hydrogen-bond acceptors (Lipinski definition) is 1. The fraction of sp³-hybridized carbons (Fsp3) is 1.00. The highest BCUT2D eigenvalue weighted by molar-refractivity contribution is 4.73. The Bertz CT molecular complexity index is 125. The third-order valence-electron chi connectivity index (χ3n) is 3.47. The average Bonchev–Trinajstić information content (AvgIpc) is 2.15. The van der Waals surface area contributed by atoms with Crippen LogP contribution in [-0.4, -0.2) is 12.6 Å². The van der Waals surface area contributed by atoms with Crippen molar-refractivity contribution in [3.8, 4) is 0 Å². The maximum absolute atomic E-state index is 3.70. The van der Waals surface area contributed by atoms with E-state index in [0.29, 0.717) is 0 Å². The molecule has 1 aliphatic rings. The summed E-state index contributed by atoms with van der Waals surface area (Å²) in [6.45, 7) is 8.18. The van der Waals surface area contributed by atoms with Crippen LogP contribution in [0.1, 0.15) is 52.9 Å². The van der Waals surface area contributed by atoms with Crippen LogP contribution in [0, 0.1) is 11.8 Å². The van der Waals surface area contributed by atoms with Crippen molar-refractivity contribution in [2.45, 2.75) is 58.9 Å². The summed E-state index contributed by atoms with van der Waals surface area (Å²) in [7, 11) is 0. The molecule has 0 aromatic heterocycles. The van der Waals surface area contributed by atoms with Gasteiger partial charge in [-0.2, -0.15) is 0 Å². The minimum absolute atomic E-state index is 0.816. The molecule has 13 heavy (non-hydrogen) atoms. The van der Waals surface area contributed by atoms with Crippen LogP contribution < -0.4 is 5.32 Å². The van der Waals surface area contributed by atoms with Gasteiger partial charge in [0.05, 0.1) is 0 Å². The minimum Gasteiger partial charge on any atom is -0.314 e. The summed E-state index contributed by atoms with van der Waals surface area (Å²) in [6.07, 6.45) is 7.15. The maximum atomic E-state index is 3.70. The average molecular weight is 183 g/mol. The van der Waals surface area contributed by atoms with Crippen LogP contribution in [0.15, 0.2) is 0 Å². The smallest absolute Gasteiger partial charge is 0.00671 e. The van der Waals surface area contributed by atoms with Gasteiger partial charge in [0.15, 0.2) is 0 Å². The normalized spacial score (nSPS) is 22.2. The molecular formula is C12H25N. The summed E-state index contributed by atoms with van der Waals surface area (Å²) in [6, 6.07) is 0.829. The Morgan fingerprint density at radius 1 is 1.08 bits per heavy atom. The second-order valence-electron chi connectivity index (χ2n) is 4.96. The lowest BCUT2D eigenvalue weighted by Gasteiger charge is -2.25. The molecule has 78 valence electrons. The summed E-state index contributed by atoms with van der Waals surface area (Å²) in [5.41, 5.74) is 0. The highest BCUT2D eigenvalue weighted by Crippen LogP contribution is 2.18. The van der Waals surface area contributed by atoms with Gasteiger partial charge in [-0.1, -0.05) is 40.0 Å². The Kier molecular flexibility index (Phi) is 4.79. The molecule has 0 heterocycles. The second kappa shape index (κ2) is 5.64. The van der Waals surface area contributed by atoms with E-state index in [0.717, 1.165) is 17.9 Å². The zero-order valence-corrected chi connectivity index (χ0v) is 9.47. The minimum atomic E-state index is 0.816. The Morgan fingerprint density at radius 3 is 2.23 bits per heavy atom. The summed E-state index contributed by atoms with van der Waals surface area (Å²) >= 11 is 0. The first-order valence-corrected chi connectivity index (χ1v) is 5.93. The Labute approximate surface area is 83.3 Å². The monoisotopic (exact) mass is 183 g/mol. The fourth-order valence-corrected chi connectivity index (χ4v) is 1.89. The zero-order valence-electron chi connectivity index (χ0n) is 9.47. The summed E-state index contributed by atoms with van der Waals surface area (Å²) < 4.78 is 0. The van der Waals surface area contributed by atoms with Crippen molar-refractivity contribution in [3.63, 3.8) is 0 Å². The molecule has 1 aliphatic carbocycles. The van der Waals surface area contributed by atoms with Crippen molar-refractivity contribution in [3.05, 3.63) is 0 Å². The molecule has 0 unspecified atom stereocenters. The van der Waals surface area contributed by atoms with Crippen molar-refractivity contribution < 1.29 is 0 Å². The highest BCUT2D eigenvalue weighted by atomic mass is 14.9. The highest BCUT2D eigenvalue weighted by Gasteiger charge is 2.14. The maximum Gasteiger partial charge on any atom is 0.00671 e. The van der Waals surface area contributed by atoms with E-state index in [-0.39, 0.29) is 0 Å². The molecule has 1 N–H and O–H groups in total. The van der Waals surface area contributed by atoms with Crippen LogP contribution in [0.5, 0.6) is 0 Å². The Balaban J connectivity index is 2.10.